The summed E-state index contributed by atoms with van der Waals surface area (Å²) in [5.74, 6) is -0.866. The lowest BCUT2D eigenvalue weighted by atomic mass is 9.69. The van der Waals surface area contributed by atoms with Gasteiger partial charge in [-0.2, -0.15) is 0 Å². The quantitative estimate of drug-likeness (QED) is 0.615. The monoisotopic (exact) mass is 242 g/mol. The number of hydrogen-bond acceptors (Lipinski definition) is 3. The smallest absolute Gasteiger partial charge is 0.311 e. The number of aliphatic carboxylic acids is 1. The minimum atomic E-state index is -0.788. The second-order valence-corrected chi connectivity index (χ2v) is 4.88. The fraction of sp³-hybridized carbons (Fsp3) is 0.833. The number of rotatable bonds is 7. The van der Waals surface area contributed by atoms with Gasteiger partial charge in [0.05, 0.1) is 5.41 Å². The normalized spacial score (nSPS) is 19.2. The molecule has 5 nitrogen and oxygen atoms in total. The summed E-state index contributed by atoms with van der Waals surface area (Å²) >= 11 is 0. The lowest BCUT2D eigenvalue weighted by molar-refractivity contribution is -0.154. The summed E-state index contributed by atoms with van der Waals surface area (Å²) < 4.78 is 0. The molecule has 0 radical (unpaired) electrons. The lowest BCUT2D eigenvalue weighted by Gasteiger charge is -2.37. The van der Waals surface area contributed by atoms with Gasteiger partial charge in [-0.1, -0.05) is 13.3 Å². The van der Waals surface area contributed by atoms with Gasteiger partial charge in [0.25, 0.3) is 0 Å². The van der Waals surface area contributed by atoms with Gasteiger partial charge in [0, 0.05) is 19.0 Å². The third-order valence-electron chi connectivity index (χ3n) is 3.43. The zero-order valence-electron chi connectivity index (χ0n) is 10.6. The SMILES string of the molecule is CCNC(C)CC(=O)NCC1(C(=O)O)CCC1. The number of carboxylic acid groups (broad SMARTS) is 1. The van der Waals surface area contributed by atoms with Gasteiger partial charge in [-0.05, 0) is 26.3 Å². The van der Waals surface area contributed by atoms with Crippen LogP contribution in [0.15, 0.2) is 0 Å². The van der Waals surface area contributed by atoms with Crippen LogP contribution in [-0.4, -0.2) is 36.1 Å². The summed E-state index contributed by atoms with van der Waals surface area (Å²) in [6.07, 6.45) is 2.68. The van der Waals surface area contributed by atoms with Gasteiger partial charge in [0.1, 0.15) is 0 Å². The van der Waals surface area contributed by atoms with E-state index in [9.17, 15) is 9.59 Å². The fourth-order valence-electron chi connectivity index (χ4n) is 2.11. The third-order valence-corrected chi connectivity index (χ3v) is 3.43. The third kappa shape index (κ3) is 3.70. The van der Waals surface area contributed by atoms with Crippen molar-refractivity contribution < 1.29 is 14.7 Å². The standard InChI is InChI=1S/C12H22N2O3/c1-3-13-9(2)7-10(15)14-8-12(11(16)17)5-4-6-12/h9,13H,3-8H2,1-2H3,(H,14,15)(H,16,17). The molecule has 17 heavy (non-hydrogen) atoms. The van der Waals surface area contributed by atoms with Gasteiger partial charge in [0.2, 0.25) is 5.91 Å². The van der Waals surface area contributed by atoms with Crippen LogP contribution in [0.2, 0.25) is 0 Å². The first-order chi connectivity index (χ1) is 8.00. The van der Waals surface area contributed by atoms with Crippen LogP contribution in [0.25, 0.3) is 0 Å². The van der Waals surface area contributed by atoms with E-state index in [4.69, 9.17) is 5.11 Å². The summed E-state index contributed by atoms with van der Waals surface area (Å²) in [7, 11) is 0. The first-order valence-electron chi connectivity index (χ1n) is 6.23. The Morgan fingerprint density at radius 3 is 2.47 bits per heavy atom. The van der Waals surface area contributed by atoms with Crippen LogP contribution in [0.1, 0.15) is 39.5 Å². The van der Waals surface area contributed by atoms with E-state index in [-0.39, 0.29) is 18.5 Å². The van der Waals surface area contributed by atoms with Crippen LogP contribution < -0.4 is 10.6 Å². The number of nitrogens with one attached hydrogen (secondary N) is 2. The van der Waals surface area contributed by atoms with E-state index in [1.807, 2.05) is 13.8 Å². The van der Waals surface area contributed by atoms with Crippen LogP contribution in [-0.2, 0) is 9.59 Å². The largest absolute Gasteiger partial charge is 0.481 e. The second-order valence-electron chi connectivity index (χ2n) is 4.88. The van der Waals surface area contributed by atoms with E-state index in [1.54, 1.807) is 0 Å². The topological polar surface area (TPSA) is 78.4 Å². The minimum Gasteiger partial charge on any atom is -0.481 e. The summed E-state index contributed by atoms with van der Waals surface area (Å²) in [6, 6.07) is 0.127. The van der Waals surface area contributed by atoms with E-state index >= 15 is 0 Å². The van der Waals surface area contributed by atoms with Crippen LogP contribution >= 0.6 is 0 Å². The molecule has 1 amide bonds. The Balaban J connectivity index is 2.30. The number of hydrogen-bond donors (Lipinski definition) is 3. The summed E-state index contributed by atoms with van der Waals surface area (Å²) in [6.45, 7) is 5.02. The van der Waals surface area contributed by atoms with E-state index < -0.39 is 11.4 Å². The Morgan fingerprint density at radius 2 is 2.06 bits per heavy atom. The van der Waals surface area contributed by atoms with Crippen molar-refractivity contribution in [3.05, 3.63) is 0 Å². The van der Waals surface area contributed by atoms with Gasteiger partial charge in [-0.3, -0.25) is 9.59 Å². The molecule has 0 aliphatic heterocycles. The summed E-state index contributed by atoms with van der Waals surface area (Å²) in [5.41, 5.74) is -0.697. The number of carbonyl (C=O) groups excluding carboxylic acids is 1. The number of amides is 1. The zero-order valence-corrected chi connectivity index (χ0v) is 10.6. The zero-order chi connectivity index (χ0) is 12.9. The Labute approximate surface area is 102 Å². The molecule has 0 heterocycles. The molecule has 5 heteroatoms. The molecule has 0 bridgehead atoms. The van der Waals surface area contributed by atoms with Gasteiger partial charge in [-0.15, -0.1) is 0 Å². The maximum absolute atomic E-state index is 11.6. The number of carboxylic acids is 1. The fourth-order valence-corrected chi connectivity index (χ4v) is 2.11. The Kier molecular flexibility index (Phi) is 4.93. The average Bonchev–Trinajstić information content (AvgIpc) is 2.15. The first kappa shape index (κ1) is 14.0. The highest BCUT2D eigenvalue weighted by atomic mass is 16.4. The Hall–Kier alpha value is -1.10. The predicted octanol–water partition coefficient (Wildman–Crippen LogP) is 0.746. The molecule has 1 fully saturated rings. The molecule has 0 spiro atoms. The van der Waals surface area contributed by atoms with E-state index in [1.165, 1.54) is 0 Å². The van der Waals surface area contributed by atoms with Gasteiger partial charge < -0.3 is 15.7 Å². The van der Waals surface area contributed by atoms with Crippen LogP contribution in [0.4, 0.5) is 0 Å². The molecule has 0 saturated heterocycles. The van der Waals surface area contributed by atoms with E-state index in [2.05, 4.69) is 10.6 Å². The maximum atomic E-state index is 11.6. The molecule has 3 N–H and O–H groups in total. The van der Waals surface area contributed by atoms with Crippen LogP contribution in [0.5, 0.6) is 0 Å². The molecule has 1 atom stereocenters. The molecular weight excluding hydrogens is 220 g/mol. The maximum Gasteiger partial charge on any atom is 0.311 e. The number of carbonyl (C=O) groups is 2. The predicted molar refractivity (Wildman–Crippen MR) is 64.7 cm³/mol. The van der Waals surface area contributed by atoms with Crippen molar-refractivity contribution in [2.75, 3.05) is 13.1 Å². The van der Waals surface area contributed by atoms with Gasteiger partial charge in [0.15, 0.2) is 0 Å². The Morgan fingerprint density at radius 1 is 1.41 bits per heavy atom. The van der Waals surface area contributed by atoms with Crippen molar-refractivity contribution in [1.29, 1.82) is 0 Å². The summed E-state index contributed by atoms with van der Waals surface area (Å²) in [4.78, 5) is 22.7. The molecule has 1 unspecified atom stereocenters. The molecular formula is C12H22N2O3. The van der Waals surface area contributed by atoms with Gasteiger partial charge in [-0.25, -0.2) is 0 Å². The van der Waals surface area contributed by atoms with Gasteiger partial charge >= 0.3 is 5.97 Å². The van der Waals surface area contributed by atoms with E-state index in [0.717, 1.165) is 13.0 Å². The van der Waals surface area contributed by atoms with E-state index in [0.29, 0.717) is 19.3 Å². The Bertz CT molecular complexity index is 287. The van der Waals surface area contributed by atoms with Crippen molar-refractivity contribution in [1.82, 2.24) is 10.6 Å². The molecule has 1 saturated carbocycles. The average molecular weight is 242 g/mol. The highest BCUT2D eigenvalue weighted by Gasteiger charge is 2.44. The molecule has 0 aromatic heterocycles. The highest BCUT2D eigenvalue weighted by Crippen LogP contribution is 2.40. The molecule has 1 rings (SSSR count). The highest BCUT2D eigenvalue weighted by molar-refractivity contribution is 5.79. The molecule has 0 aromatic rings. The van der Waals surface area contributed by atoms with Crippen molar-refractivity contribution in [2.24, 2.45) is 5.41 Å². The molecule has 98 valence electrons. The molecule has 1 aliphatic rings. The molecule has 0 aromatic carbocycles. The van der Waals surface area contributed by atoms with Crippen molar-refractivity contribution in [2.45, 2.75) is 45.6 Å². The second kappa shape index (κ2) is 6.00. The minimum absolute atomic E-state index is 0.0778. The van der Waals surface area contributed by atoms with Crippen molar-refractivity contribution in [3.8, 4) is 0 Å². The summed E-state index contributed by atoms with van der Waals surface area (Å²) in [5, 5.41) is 15.0. The van der Waals surface area contributed by atoms with Crippen molar-refractivity contribution >= 4 is 11.9 Å². The van der Waals surface area contributed by atoms with Crippen LogP contribution in [0.3, 0.4) is 0 Å². The lowest BCUT2D eigenvalue weighted by Crippen LogP contribution is -2.48. The van der Waals surface area contributed by atoms with Crippen molar-refractivity contribution in [3.63, 3.8) is 0 Å². The van der Waals surface area contributed by atoms with Crippen LogP contribution in [0, 0.1) is 5.41 Å². The first-order valence-corrected chi connectivity index (χ1v) is 6.23. The molecule has 1 aliphatic carbocycles.